The van der Waals surface area contributed by atoms with Crippen molar-refractivity contribution in [2.45, 2.75) is 233 Å². The van der Waals surface area contributed by atoms with Gasteiger partial charge >= 0.3 is 29.8 Å². The number of aliphatic hydroxyl groups is 10. The fourth-order valence-electron chi connectivity index (χ4n) is 12.0. The van der Waals surface area contributed by atoms with Gasteiger partial charge in [-0.2, -0.15) is 0 Å². The number of Topliss-reactive ketones (excluding diaryl/α,β-unsaturated/α-hetero) is 2. The molecule has 32 nitrogen and oxygen atoms in total. The van der Waals surface area contributed by atoms with Crippen LogP contribution in [0, 0.1) is 17.8 Å². The fourth-order valence-corrected chi connectivity index (χ4v) is 12.0. The van der Waals surface area contributed by atoms with Gasteiger partial charge in [-0.3, -0.25) is 38.4 Å². The molecule has 0 radical (unpaired) electrons. The number of allylic oxidation sites excluding steroid dienone is 12. The first-order valence-electron chi connectivity index (χ1n) is 36.0. The number of hydrogen-bond donors (Lipinski definition) is 19. The number of esters is 1. The third kappa shape index (κ3) is 39.1. The van der Waals surface area contributed by atoms with Gasteiger partial charge in [0.15, 0.2) is 24.0 Å². The zero-order valence-electron chi connectivity index (χ0n) is 62.5. The van der Waals surface area contributed by atoms with Crippen LogP contribution in [-0.4, -0.2) is 282 Å². The summed E-state index contributed by atoms with van der Waals surface area (Å²) < 4.78 is 24.4. The lowest BCUT2D eigenvalue weighted by Gasteiger charge is -2.45. The number of amides is 1. The number of likely N-dealkylation sites (N-methyl/N-ethyl adjacent to an activating group) is 3. The molecule has 107 heavy (non-hydrogen) atoms. The molecule has 1 aromatic rings. The Bertz CT molecular complexity index is 3040. The molecule has 21 atom stereocenters. The summed E-state index contributed by atoms with van der Waals surface area (Å²) in [6.45, 7) is 6.00. The van der Waals surface area contributed by atoms with Crippen molar-refractivity contribution in [3.63, 3.8) is 0 Å². The number of aliphatic carboxylic acids is 4. The van der Waals surface area contributed by atoms with Gasteiger partial charge in [0.25, 0.3) is 0 Å². The third-order valence-electron chi connectivity index (χ3n) is 17.9. The molecule has 3 aliphatic heterocycles. The van der Waals surface area contributed by atoms with Gasteiger partial charge in [0, 0.05) is 88.7 Å². The molecule has 21 N–H and O–H groups in total. The Hall–Kier alpha value is -7.32. The van der Waals surface area contributed by atoms with Crippen LogP contribution < -0.4 is 27.0 Å². The second kappa shape index (κ2) is 51.1. The van der Waals surface area contributed by atoms with Crippen molar-refractivity contribution in [2.24, 2.45) is 17.8 Å². The van der Waals surface area contributed by atoms with Crippen LogP contribution in [0.2, 0.25) is 0 Å². The molecule has 16 unspecified atom stereocenters. The number of ketones is 2. The number of quaternary nitrogens is 1. The van der Waals surface area contributed by atoms with Gasteiger partial charge in [-0.25, -0.2) is 0 Å². The monoisotopic (exact) mass is 1520 g/mol. The highest BCUT2D eigenvalue weighted by atomic mass is 16.7. The van der Waals surface area contributed by atoms with Crippen LogP contribution in [0.15, 0.2) is 109 Å². The van der Waals surface area contributed by atoms with Crippen LogP contribution in [0.3, 0.4) is 0 Å². The average Bonchev–Trinajstić information content (AvgIpc) is 0.782. The van der Waals surface area contributed by atoms with Crippen LogP contribution in [-0.2, 0) is 52.5 Å². The maximum Gasteiger partial charge on any atom is 0.320 e. The molecule has 1 amide bonds. The molecule has 604 valence electrons. The average molecular weight is 1520 g/mol. The van der Waals surface area contributed by atoms with E-state index in [1.54, 1.807) is 111 Å². The second-order valence-corrected chi connectivity index (χ2v) is 27.5. The maximum atomic E-state index is 13.8. The molecule has 3 aliphatic rings. The lowest BCUT2D eigenvalue weighted by Crippen LogP contribution is -2.78. The topological polar surface area (TPSA) is 536 Å². The Kier molecular flexibility index (Phi) is 45.8. The molecule has 3 heterocycles. The second-order valence-electron chi connectivity index (χ2n) is 27.5. The molecule has 0 spiro atoms. The normalized spacial score (nSPS) is 31.6. The van der Waals surface area contributed by atoms with E-state index < -0.39 is 196 Å². The molecular weight excluding hydrogens is 1400 g/mol. The molecule has 0 aliphatic carbocycles. The lowest BCUT2D eigenvalue weighted by molar-refractivity contribution is -0.488. The first-order chi connectivity index (χ1) is 50.4. The first-order valence-corrected chi connectivity index (χ1v) is 36.0. The number of nitrogens with one attached hydrogen (secondary N) is 4. The van der Waals surface area contributed by atoms with E-state index in [1.807, 2.05) is 45.0 Å². The van der Waals surface area contributed by atoms with Crippen LogP contribution in [0.1, 0.15) is 134 Å². The highest BCUT2D eigenvalue weighted by Gasteiger charge is 2.51. The number of nitrogens with zero attached hydrogens (tertiary/aromatic N) is 1. The van der Waals surface area contributed by atoms with E-state index in [0.717, 1.165) is 5.69 Å². The predicted octanol–water partition coefficient (Wildman–Crippen LogP) is 0.670. The standard InChI is InChI=1S/C63H96N4O18.2C6H11NO4/c1-39-19-17-15-13-11-9-7-8-10-12-14-16-18-20-51(83-62-59(79)57(64)58(78)41(3)82-62)36-54-56(61(80)66-27-28-67(5)6)53(76)38-63(81,85-54)37-50(74)33-48(72)31-46(70)29-45(69)30-47(71)32-49(73)35-55(77)84-60(39)40(2)21-26-44(68)34-52(75)42-22-24-43(65-4)25-23-42;2*1-7-4(6(10)11)2-3-5(8)9/h7-20,22-25,39-41,44-46,48-51,53-54,56-60,62,65,68-70,72-74,76,78-79,81H,21,26-38,64H2,1-6H3,(H,66,80);2*4,7H,2-3H2,1H3,(H,8,9)(H,10,11)/p+1/b8-7+,11-9+,12-10+,15-13+,16-14+,19-17-,20-18+;;/t39?,40?,41-,44?,45?,46?,48?,49?,50?,51?,53?,54?,56?,57+,58-,59+,60?,62+,63?;;/m1../s1. The van der Waals surface area contributed by atoms with E-state index in [2.05, 4.69) is 27.0 Å². The van der Waals surface area contributed by atoms with Crippen molar-refractivity contribution in [2.75, 3.05) is 53.6 Å². The van der Waals surface area contributed by atoms with Crippen LogP contribution >= 0.6 is 0 Å². The van der Waals surface area contributed by atoms with Crippen molar-refractivity contribution in [1.29, 1.82) is 0 Å². The fraction of sp³-hybridized carbons (Fsp3) is 0.627. The Morgan fingerprint density at radius 2 is 1.15 bits per heavy atom. The minimum absolute atomic E-state index is 0.101. The summed E-state index contributed by atoms with van der Waals surface area (Å²) in [6.07, 6.45) is 3.89. The molecule has 32 heteroatoms. The lowest BCUT2D eigenvalue weighted by atomic mass is 9.82. The van der Waals surface area contributed by atoms with Crippen molar-refractivity contribution in [3.05, 3.63) is 115 Å². The Morgan fingerprint density at radius 3 is 1.65 bits per heavy atom. The van der Waals surface area contributed by atoms with E-state index in [1.165, 1.54) is 14.1 Å². The molecule has 2 saturated heterocycles. The van der Waals surface area contributed by atoms with Gasteiger partial charge in [-0.1, -0.05) is 98.9 Å². The highest BCUT2D eigenvalue weighted by molar-refractivity contribution is 5.96. The number of fused-ring (bicyclic) bond motifs is 2. The molecular formula is C75H119N6O26+. The molecule has 2 bridgehead atoms. The molecule has 0 saturated carbocycles. The summed E-state index contributed by atoms with van der Waals surface area (Å²) in [5.41, 5.74) is 5.21. The Balaban J connectivity index is 0.00000151. The van der Waals surface area contributed by atoms with Crippen LogP contribution in [0.25, 0.3) is 0 Å². The molecule has 1 aromatic carbocycles. The number of carbonyl (C=O) groups excluding carboxylic acids is 4. The van der Waals surface area contributed by atoms with Crippen LogP contribution in [0.4, 0.5) is 5.69 Å². The number of ether oxygens (including phenoxy) is 4. The Morgan fingerprint density at radius 1 is 0.645 bits per heavy atom. The van der Waals surface area contributed by atoms with Crippen molar-refractivity contribution in [1.82, 2.24) is 20.9 Å². The molecule has 4 rings (SSSR count). The van der Waals surface area contributed by atoms with E-state index in [4.69, 9.17) is 39.4 Å². The number of carboxylic acid groups (broad SMARTS) is 4. The van der Waals surface area contributed by atoms with E-state index >= 15 is 0 Å². The van der Waals surface area contributed by atoms with Crippen molar-refractivity contribution in [3.8, 4) is 0 Å². The number of benzene rings is 1. The summed E-state index contributed by atoms with van der Waals surface area (Å²) in [4.78, 5) is 95.7. The summed E-state index contributed by atoms with van der Waals surface area (Å²) in [5, 5.41) is 155. The number of hydrogen-bond acceptors (Lipinski definition) is 26. The number of carbonyl (C=O) groups is 8. The quantitative estimate of drug-likeness (QED) is 0.0499. The number of anilines is 1. The summed E-state index contributed by atoms with van der Waals surface area (Å²) in [7, 11) is 8.39. The smallest absolute Gasteiger partial charge is 0.320 e. The number of rotatable bonds is 24. The zero-order chi connectivity index (χ0) is 80.5. The number of aliphatic hydroxyl groups excluding tert-OH is 9. The van der Waals surface area contributed by atoms with Gasteiger partial charge in [0.05, 0.1) is 73.4 Å². The van der Waals surface area contributed by atoms with E-state index in [0.29, 0.717) is 18.5 Å². The first kappa shape index (κ1) is 95.8. The van der Waals surface area contributed by atoms with Gasteiger partial charge < -0.3 is 122 Å². The van der Waals surface area contributed by atoms with Gasteiger partial charge in [-0.15, -0.1) is 0 Å². The summed E-state index contributed by atoms with van der Waals surface area (Å²) in [5.74, 6) is -10.4. The molecule has 0 aromatic heterocycles. The minimum Gasteiger partial charge on any atom is -0.481 e. The molecule has 2 fully saturated rings. The van der Waals surface area contributed by atoms with Crippen LogP contribution in [0.5, 0.6) is 0 Å². The minimum atomic E-state index is -2.27. The maximum absolute atomic E-state index is 13.8. The highest BCUT2D eigenvalue weighted by Crippen LogP contribution is 2.38. The van der Waals surface area contributed by atoms with E-state index in [-0.39, 0.29) is 82.0 Å². The largest absolute Gasteiger partial charge is 0.481 e. The zero-order valence-corrected chi connectivity index (χ0v) is 62.5. The van der Waals surface area contributed by atoms with Crippen molar-refractivity contribution >= 4 is 53.0 Å². The summed E-state index contributed by atoms with van der Waals surface area (Å²) in [6, 6.07) is 4.51. The van der Waals surface area contributed by atoms with Gasteiger partial charge in [0.1, 0.15) is 36.1 Å². The number of cyclic esters (lactones) is 1. The van der Waals surface area contributed by atoms with E-state index in [9.17, 15) is 89.4 Å². The Labute approximate surface area is 625 Å². The number of carboxylic acids is 4. The third-order valence-corrected chi connectivity index (χ3v) is 17.9. The summed E-state index contributed by atoms with van der Waals surface area (Å²) >= 11 is 0. The van der Waals surface area contributed by atoms with Crippen molar-refractivity contribution < 1.29 is 135 Å². The predicted molar refractivity (Wildman–Crippen MR) is 392 cm³/mol. The SMILES string of the molecule is CNC(CCC(=O)O)C(=O)O.CNC(CCC(=O)O)C(=O)O.CNc1ccc(C(=O)CC(O)CCC(C)C2OC(=O)CC(O)CC(=O)CC(O)CC(O)CC(O)CC(O)CC3(O)CC(O)C(C(=O)NCCN(C)C)C(CC(O[C@@H]4O[C@H](C)[C@@H](O)[C@H]([NH3+])[C@@H]4O)/C=C/C=C/C=C/C=C/C=C/C=C/C=C\C2C)O3)cc1. The van der Waals surface area contributed by atoms with Gasteiger partial charge in [0.2, 0.25) is 5.91 Å². The van der Waals surface area contributed by atoms with Gasteiger partial charge in [-0.05, 0) is 110 Å².